The van der Waals surface area contributed by atoms with Crippen LogP contribution in [0.2, 0.25) is 0 Å². The molecule has 3 nitrogen and oxygen atoms in total. The van der Waals surface area contributed by atoms with Crippen molar-refractivity contribution in [1.29, 1.82) is 0 Å². The van der Waals surface area contributed by atoms with Gasteiger partial charge in [-0.1, -0.05) is 6.92 Å². The van der Waals surface area contributed by atoms with Crippen LogP contribution in [0.3, 0.4) is 0 Å². The lowest BCUT2D eigenvalue weighted by molar-refractivity contribution is 0.319. The molecule has 3 N–H and O–H groups in total. The van der Waals surface area contributed by atoms with Gasteiger partial charge in [-0.3, -0.25) is 0 Å². The van der Waals surface area contributed by atoms with Crippen molar-refractivity contribution in [2.24, 2.45) is 10.9 Å². The van der Waals surface area contributed by atoms with Gasteiger partial charge < -0.3 is 10.9 Å². The first-order chi connectivity index (χ1) is 3.31. The number of hydrogen-bond acceptors (Lipinski definition) is 3. The molecule has 1 unspecified atom stereocenters. The van der Waals surface area contributed by atoms with Crippen molar-refractivity contribution in [3.05, 3.63) is 0 Å². The number of nitrogens with zero attached hydrogens (tertiary/aromatic N) is 1. The van der Waals surface area contributed by atoms with Crippen LogP contribution in [-0.4, -0.2) is 17.5 Å². The van der Waals surface area contributed by atoms with Crippen LogP contribution in [0.4, 0.5) is 0 Å². The summed E-state index contributed by atoms with van der Waals surface area (Å²) in [5.74, 6) is 0. The molecular formula is C4H10N2O. The topological polar surface area (TPSA) is 58.6 Å². The average Bonchev–Trinajstić information content (AvgIpc) is 1.68. The van der Waals surface area contributed by atoms with Crippen molar-refractivity contribution in [3.63, 3.8) is 0 Å². The lowest BCUT2D eigenvalue weighted by atomic mass is 10.3. The molecule has 0 amide bonds. The molecule has 0 aliphatic heterocycles. The van der Waals surface area contributed by atoms with Crippen molar-refractivity contribution < 1.29 is 5.21 Å². The SMILES string of the molecule is CCC(N)C=NO. The summed E-state index contributed by atoms with van der Waals surface area (Å²) in [4.78, 5) is 0. The minimum absolute atomic E-state index is 0.0926. The molecule has 0 fully saturated rings. The van der Waals surface area contributed by atoms with Gasteiger partial charge in [-0.2, -0.15) is 0 Å². The molecule has 0 radical (unpaired) electrons. The first kappa shape index (κ1) is 6.43. The molecule has 0 aliphatic rings. The highest BCUT2D eigenvalue weighted by molar-refractivity contribution is 5.62. The molecule has 0 spiro atoms. The second kappa shape index (κ2) is 3.61. The maximum Gasteiger partial charge on any atom is 0.0603 e. The molecule has 42 valence electrons. The molecule has 1 atom stereocenters. The van der Waals surface area contributed by atoms with Gasteiger partial charge in [0.2, 0.25) is 0 Å². The number of nitrogens with two attached hydrogens (primary N) is 1. The van der Waals surface area contributed by atoms with Crippen LogP contribution in [0.1, 0.15) is 13.3 Å². The van der Waals surface area contributed by atoms with E-state index in [9.17, 15) is 0 Å². The second-order valence-corrected chi connectivity index (χ2v) is 1.34. The van der Waals surface area contributed by atoms with E-state index in [0.29, 0.717) is 0 Å². The Morgan fingerprint density at radius 3 is 2.71 bits per heavy atom. The van der Waals surface area contributed by atoms with Gasteiger partial charge in [0.05, 0.1) is 6.21 Å². The Hall–Kier alpha value is -0.570. The van der Waals surface area contributed by atoms with E-state index < -0.39 is 0 Å². The molecule has 0 heterocycles. The van der Waals surface area contributed by atoms with Gasteiger partial charge in [-0.25, -0.2) is 0 Å². The zero-order valence-corrected chi connectivity index (χ0v) is 4.33. The summed E-state index contributed by atoms with van der Waals surface area (Å²) < 4.78 is 0. The fourth-order valence-electron chi connectivity index (χ4n) is 0.191. The largest absolute Gasteiger partial charge is 0.411 e. The van der Waals surface area contributed by atoms with E-state index in [1.165, 1.54) is 6.21 Å². The molecule has 0 aromatic rings. The predicted octanol–water partition coefficient (Wildman–Crippen LogP) is 0.184. The zero-order valence-electron chi connectivity index (χ0n) is 4.33. The summed E-state index contributed by atoms with van der Waals surface area (Å²) in [6.07, 6.45) is 2.12. The Morgan fingerprint density at radius 1 is 2.00 bits per heavy atom. The molecule has 0 aromatic heterocycles. The van der Waals surface area contributed by atoms with Gasteiger partial charge in [-0.15, -0.1) is 5.16 Å². The van der Waals surface area contributed by atoms with Gasteiger partial charge in [0.15, 0.2) is 0 Å². The van der Waals surface area contributed by atoms with Crippen LogP contribution in [0, 0.1) is 0 Å². The summed E-state index contributed by atoms with van der Waals surface area (Å²) in [6, 6.07) is -0.0926. The Bertz CT molecular complexity index is 62.7. The van der Waals surface area contributed by atoms with Crippen LogP contribution in [-0.2, 0) is 0 Å². The third kappa shape index (κ3) is 3.26. The fraction of sp³-hybridized carbons (Fsp3) is 0.750. The van der Waals surface area contributed by atoms with Gasteiger partial charge in [0, 0.05) is 6.04 Å². The van der Waals surface area contributed by atoms with Gasteiger partial charge in [-0.05, 0) is 6.42 Å². The number of rotatable bonds is 2. The normalized spacial score (nSPS) is 15.1. The smallest absolute Gasteiger partial charge is 0.0603 e. The zero-order chi connectivity index (χ0) is 5.70. The quantitative estimate of drug-likeness (QED) is 0.297. The van der Waals surface area contributed by atoms with Crippen molar-refractivity contribution in [3.8, 4) is 0 Å². The Labute approximate surface area is 42.8 Å². The van der Waals surface area contributed by atoms with E-state index in [0.717, 1.165) is 6.42 Å². The Kier molecular flexibility index (Phi) is 3.32. The summed E-state index contributed by atoms with van der Waals surface area (Å²) in [5.41, 5.74) is 5.27. The summed E-state index contributed by atoms with van der Waals surface area (Å²) in [6.45, 7) is 1.92. The summed E-state index contributed by atoms with van der Waals surface area (Å²) in [7, 11) is 0. The van der Waals surface area contributed by atoms with Gasteiger partial charge in [0.25, 0.3) is 0 Å². The highest BCUT2D eigenvalue weighted by atomic mass is 16.4. The third-order valence-electron chi connectivity index (χ3n) is 0.730. The minimum atomic E-state index is -0.0926. The molecule has 3 heteroatoms. The van der Waals surface area contributed by atoms with Gasteiger partial charge >= 0.3 is 0 Å². The minimum Gasteiger partial charge on any atom is -0.411 e. The van der Waals surface area contributed by atoms with Crippen LogP contribution in [0.5, 0.6) is 0 Å². The van der Waals surface area contributed by atoms with Crippen LogP contribution < -0.4 is 5.73 Å². The summed E-state index contributed by atoms with van der Waals surface area (Å²) in [5, 5.41) is 10.6. The first-order valence-electron chi connectivity index (χ1n) is 2.24. The van der Waals surface area contributed by atoms with E-state index in [1.807, 2.05) is 6.92 Å². The monoisotopic (exact) mass is 102 g/mol. The van der Waals surface area contributed by atoms with Crippen LogP contribution in [0.25, 0.3) is 0 Å². The average molecular weight is 102 g/mol. The van der Waals surface area contributed by atoms with E-state index >= 15 is 0 Å². The Balaban J connectivity index is 3.16. The van der Waals surface area contributed by atoms with Crippen molar-refractivity contribution >= 4 is 6.21 Å². The van der Waals surface area contributed by atoms with Gasteiger partial charge in [0.1, 0.15) is 0 Å². The maximum atomic E-state index is 7.86. The van der Waals surface area contributed by atoms with E-state index in [4.69, 9.17) is 10.9 Å². The lowest BCUT2D eigenvalue weighted by Gasteiger charge is -1.94. The van der Waals surface area contributed by atoms with Crippen molar-refractivity contribution in [1.82, 2.24) is 0 Å². The molecule has 0 saturated carbocycles. The molecular weight excluding hydrogens is 92.1 g/mol. The number of oxime groups is 1. The molecule has 7 heavy (non-hydrogen) atoms. The Morgan fingerprint density at radius 2 is 2.57 bits per heavy atom. The van der Waals surface area contributed by atoms with Crippen LogP contribution >= 0.6 is 0 Å². The molecule has 0 saturated heterocycles. The molecule has 0 bridgehead atoms. The van der Waals surface area contributed by atoms with Crippen molar-refractivity contribution in [2.75, 3.05) is 0 Å². The second-order valence-electron chi connectivity index (χ2n) is 1.34. The van der Waals surface area contributed by atoms with E-state index in [-0.39, 0.29) is 6.04 Å². The molecule has 0 aliphatic carbocycles. The standard InChI is InChI=1S/C4H10N2O/c1-2-4(5)3-6-7/h3-4,7H,2,5H2,1H3. The predicted molar refractivity (Wildman–Crippen MR) is 28.5 cm³/mol. The maximum absolute atomic E-state index is 7.86. The highest BCUT2D eigenvalue weighted by Crippen LogP contribution is 1.77. The van der Waals surface area contributed by atoms with E-state index in [1.54, 1.807) is 0 Å². The fourth-order valence-corrected chi connectivity index (χ4v) is 0.191. The highest BCUT2D eigenvalue weighted by Gasteiger charge is 1.88. The third-order valence-corrected chi connectivity index (χ3v) is 0.730. The first-order valence-corrected chi connectivity index (χ1v) is 2.24. The van der Waals surface area contributed by atoms with E-state index in [2.05, 4.69) is 5.16 Å². The lowest BCUT2D eigenvalue weighted by Crippen LogP contribution is -2.19. The number of hydrogen-bond donors (Lipinski definition) is 2. The molecule has 0 aromatic carbocycles. The summed E-state index contributed by atoms with van der Waals surface area (Å²) >= 11 is 0. The molecule has 0 rings (SSSR count). The van der Waals surface area contributed by atoms with Crippen LogP contribution in [0.15, 0.2) is 5.16 Å². The van der Waals surface area contributed by atoms with Crippen molar-refractivity contribution in [2.45, 2.75) is 19.4 Å².